The molecule has 0 amide bonds. The number of aryl methyl sites for hydroxylation is 3. The molecule has 0 unspecified atom stereocenters. The Balaban J connectivity index is 1.68. The summed E-state index contributed by atoms with van der Waals surface area (Å²) in [6, 6.07) is 6.41. The molecule has 8 nitrogen and oxygen atoms in total. The second-order valence-electron chi connectivity index (χ2n) is 8.06. The molecule has 4 aromatic rings. The molecule has 0 spiro atoms. The van der Waals surface area contributed by atoms with E-state index in [0.717, 1.165) is 64.4 Å². The summed E-state index contributed by atoms with van der Waals surface area (Å²) in [5, 5.41) is 18.0. The Bertz CT molecular complexity index is 1280. The second-order valence-corrected chi connectivity index (χ2v) is 8.06. The summed E-state index contributed by atoms with van der Waals surface area (Å²) in [5.41, 5.74) is 7.39. The highest BCUT2D eigenvalue weighted by Gasteiger charge is 2.18. The zero-order valence-corrected chi connectivity index (χ0v) is 18.4. The van der Waals surface area contributed by atoms with E-state index in [1.165, 1.54) is 5.69 Å². The van der Waals surface area contributed by atoms with E-state index in [9.17, 15) is 0 Å². The van der Waals surface area contributed by atoms with E-state index >= 15 is 0 Å². The molecule has 160 valence electrons. The molecule has 0 saturated carbocycles. The standard InChI is InChI=1S/C23H27N7O/c1-5-19-16-7-9-21-17-12-15(6-8-20(17)25-26-21)18-13-24-29(3)22(18)14-28(2)10-11-31-23(16)30(4)27-19/h6-9,12-13H,5,10-11,14H2,1-4H3,(H,25,26)/b9-7+. The van der Waals surface area contributed by atoms with Crippen molar-refractivity contribution in [1.29, 1.82) is 0 Å². The topological polar surface area (TPSA) is 76.8 Å². The second kappa shape index (κ2) is 7.70. The van der Waals surface area contributed by atoms with Crippen LogP contribution in [0.4, 0.5) is 0 Å². The van der Waals surface area contributed by atoms with E-state index in [4.69, 9.17) is 4.74 Å². The van der Waals surface area contributed by atoms with E-state index in [0.29, 0.717) is 6.61 Å². The fourth-order valence-electron chi connectivity index (χ4n) is 4.19. The number of hydrogen-bond donors (Lipinski definition) is 1. The molecule has 31 heavy (non-hydrogen) atoms. The zero-order chi connectivity index (χ0) is 21.5. The van der Waals surface area contributed by atoms with Crippen molar-refractivity contribution in [3.63, 3.8) is 0 Å². The fraction of sp³-hybridized carbons (Fsp3) is 0.348. The summed E-state index contributed by atoms with van der Waals surface area (Å²) < 4.78 is 9.99. The number of H-pyrrole nitrogens is 1. The molecule has 1 N–H and O–H groups in total. The molecular weight excluding hydrogens is 390 g/mol. The summed E-state index contributed by atoms with van der Waals surface area (Å²) >= 11 is 0. The maximum atomic E-state index is 6.21. The molecule has 1 aliphatic rings. The number of aromatic amines is 1. The summed E-state index contributed by atoms with van der Waals surface area (Å²) in [6.07, 6.45) is 6.90. The van der Waals surface area contributed by atoms with E-state index in [-0.39, 0.29) is 0 Å². The van der Waals surface area contributed by atoms with Gasteiger partial charge >= 0.3 is 0 Å². The molecule has 1 aromatic carbocycles. The van der Waals surface area contributed by atoms with Gasteiger partial charge < -0.3 is 4.74 Å². The van der Waals surface area contributed by atoms with Crippen LogP contribution in [-0.4, -0.2) is 54.9 Å². The van der Waals surface area contributed by atoms with Gasteiger partial charge in [0.1, 0.15) is 6.61 Å². The fourth-order valence-corrected chi connectivity index (χ4v) is 4.19. The SMILES string of the molecule is CCc1nn(C)c2c1/C=C/c1n[nH]c3ccc(cc13)-c1cnn(C)c1CN(C)CCO2. The molecule has 0 atom stereocenters. The van der Waals surface area contributed by atoms with Crippen LogP contribution >= 0.6 is 0 Å². The van der Waals surface area contributed by atoms with Crippen LogP contribution in [0.15, 0.2) is 24.4 Å². The predicted octanol–water partition coefficient (Wildman–Crippen LogP) is 3.25. The van der Waals surface area contributed by atoms with Crippen molar-refractivity contribution >= 4 is 23.1 Å². The predicted molar refractivity (Wildman–Crippen MR) is 122 cm³/mol. The molecule has 2 bridgehead atoms. The molecule has 0 aliphatic carbocycles. The number of benzene rings is 1. The maximum absolute atomic E-state index is 6.21. The van der Waals surface area contributed by atoms with Crippen LogP contribution in [0.5, 0.6) is 5.88 Å². The van der Waals surface area contributed by atoms with Gasteiger partial charge in [-0.15, -0.1) is 0 Å². The third-order valence-corrected chi connectivity index (χ3v) is 5.95. The Morgan fingerprint density at radius 1 is 1.13 bits per heavy atom. The smallest absolute Gasteiger partial charge is 0.219 e. The number of hydrogen-bond acceptors (Lipinski definition) is 5. The lowest BCUT2D eigenvalue weighted by atomic mass is 10.0. The molecule has 4 heterocycles. The van der Waals surface area contributed by atoms with Gasteiger partial charge in [-0.2, -0.15) is 15.3 Å². The summed E-state index contributed by atoms with van der Waals surface area (Å²) in [4.78, 5) is 2.26. The number of nitrogens with zero attached hydrogens (tertiary/aromatic N) is 6. The first kappa shape index (κ1) is 19.6. The van der Waals surface area contributed by atoms with Crippen LogP contribution in [0, 0.1) is 0 Å². The van der Waals surface area contributed by atoms with Crippen LogP contribution in [0.1, 0.15) is 29.6 Å². The molecular formula is C23H27N7O. The summed E-state index contributed by atoms with van der Waals surface area (Å²) in [5.74, 6) is 0.790. The zero-order valence-electron chi connectivity index (χ0n) is 18.4. The van der Waals surface area contributed by atoms with Crippen molar-refractivity contribution in [1.82, 2.24) is 34.7 Å². The van der Waals surface area contributed by atoms with Crippen LogP contribution in [0.25, 0.3) is 34.2 Å². The Labute approximate surface area is 181 Å². The van der Waals surface area contributed by atoms with Crippen molar-refractivity contribution in [2.45, 2.75) is 19.9 Å². The van der Waals surface area contributed by atoms with Crippen molar-refractivity contribution in [3.05, 3.63) is 47.0 Å². The van der Waals surface area contributed by atoms with Gasteiger partial charge in [-0.25, -0.2) is 4.68 Å². The van der Waals surface area contributed by atoms with Crippen molar-refractivity contribution < 1.29 is 4.74 Å². The van der Waals surface area contributed by atoms with Crippen molar-refractivity contribution in [3.8, 4) is 17.0 Å². The molecule has 1 aliphatic heterocycles. The molecule has 0 saturated heterocycles. The van der Waals surface area contributed by atoms with Gasteiger partial charge in [-0.05, 0) is 43.3 Å². The Morgan fingerprint density at radius 3 is 2.84 bits per heavy atom. The Hall–Kier alpha value is -3.39. The Morgan fingerprint density at radius 2 is 2.00 bits per heavy atom. The van der Waals surface area contributed by atoms with Gasteiger partial charge in [0, 0.05) is 38.1 Å². The summed E-state index contributed by atoms with van der Waals surface area (Å²) in [7, 11) is 6.04. The van der Waals surface area contributed by atoms with Gasteiger partial charge in [0.25, 0.3) is 0 Å². The van der Waals surface area contributed by atoms with E-state index in [2.05, 4.69) is 63.5 Å². The normalized spacial score (nSPS) is 15.9. The highest BCUT2D eigenvalue weighted by atomic mass is 16.5. The number of likely N-dealkylation sites (N-methyl/N-ethyl adjacent to an activating group) is 1. The number of aromatic nitrogens is 6. The van der Waals surface area contributed by atoms with E-state index < -0.39 is 0 Å². The lowest BCUT2D eigenvalue weighted by molar-refractivity contribution is 0.218. The maximum Gasteiger partial charge on any atom is 0.219 e. The highest BCUT2D eigenvalue weighted by Crippen LogP contribution is 2.30. The van der Waals surface area contributed by atoms with Crippen LogP contribution < -0.4 is 4.74 Å². The Kier molecular flexibility index (Phi) is 4.86. The number of nitrogens with one attached hydrogen (secondary N) is 1. The van der Waals surface area contributed by atoms with Gasteiger partial charge in [0.15, 0.2) is 0 Å². The lowest BCUT2D eigenvalue weighted by Crippen LogP contribution is -2.25. The van der Waals surface area contributed by atoms with Gasteiger partial charge in [0.2, 0.25) is 5.88 Å². The number of fused-ring (bicyclic) bond motifs is 4. The van der Waals surface area contributed by atoms with Gasteiger partial charge in [-0.3, -0.25) is 14.7 Å². The first-order valence-corrected chi connectivity index (χ1v) is 10.6. The van der Waals surface area contributed by atoms with Gasteiger partial charge in [-0.1, -0.05) is 13.0 Å². The molecule has 5 rings (SSSR count). The minimum Gasteiger partial charge on any atom is -0.476 e. The lowest BCUT2D eigenvalue weighted by Gasteiger charge is -2.18. The van der Waals surface area contributed by atoms with Crippen molar-refractivity contribution in [2.24, 2.45) is 14.1 Å². The van der Waals surface area contributed by atoms with Crippen LogP contribution in [0.2, 0.25) is 0 Å². The third kappa shape index (κ3) is 3.42. The number of rotatable bonds is 1. The van der Waals surface area contributed by atoms with Crippen LogP contribution in [0.3, 0.4) is 0 Å². The number of ether oxygens (including phenoxy) is 1. The minimum absolute atomic E-state index is 0.577. The van der Waals surface area contributed by atoms with E-state index in [1.54, 1.807) is 0 Å². The first-order valence-electron chi connectivity index (χ1n) is 10.6. The quantitative estimate of drug-likeness (QED) is 0.514. The first-order chi connectivity index (χ1) is 15.0. The van der Waals surface area contributed by atoms with Crippen LogP contribution in [-0.2, 0) is 27.1 Å². The average molecular weight is 418 g/mol. The van der Waals surface area contributed by atoms with Crippen molar-refractivity contribution in [2.75, 3.05) is 20.2 Å². The molecule has 0 radical (unpaired) electrons. The monoisotopic (exact) mass is 417 g/mol. The largest absolute Gasteiger partial charge is 0.476 e. The minimum atomic E-state index is 0.577. The van der Waals surface area contributed by atoms with E-state index in [1.807, 2.05) is 35.7 Å². The molecule has 3 aromatic heterocycles. The molecule has 8 heteroatoms. The third-order valence-electron chi connectivity index (χ3n) is 5.95. The summed E-state index contributed by atoms with van der Waals surface area (Å²) in [6.45, 7) is 4.26. The molecule has 0 fully saturated rings. The van der Waals surface area contributed by atoms with Gasteiger partial charge in [0.05, 0.1) is 34.4 Å². The highest BCUT2D eigenvalue weighted by molar-refractivity contribution is 5.93. The average Bonchev–Trinajstić information content (AvgIpc) is 3.42.